The number of halogens is 1. The van der Waals surface area contributed by atoms with Crippen LogP contribution in [0.1, 0.15) is 21.7 Å². The van der Waals surface area contributed by atoms with E-state index in [0.29, 0.717) is 10.7 Å². The van der Waals surface area contributed by atoms with Crippen LogP contribution in [0.15, 0.2) is 29.1 Å². The van der Waals surface area contributed by atoms with Crippen molar-refractivity contribution in [2.75, 3.05) is 0 Å². The van der Waals surface area contributed by atoms with Crippen LogP contribution in [0.4, 0.5) is 0 Å². The maximum Gasteiger partial charge on any atom is 0.354 e. The first-order valence-corrected chi connectivity index (χ1v) is 5.23. The number of rotatable bonds is 3. The Hall–Kier alpha value is -2.01. The summed E-state index contributed by atoms with van der Waals surface area (Å²) in [5.74, 6) is -1.18. The third kappa shape index (κ3) is 2.39. The molecule has 0 amide bonds. The molecule has 0 radical (unpaired) electrons. The van der Waals surface area contributed by atoms with Crippen LogP contribution in [-0.2, 0) is 6.42 Å². The molecule has 0 fully saturated rings. The lowest BCUT2D eigenvalue weighted by Crippen LogP contribution is -2.04. The Balaban J connectivity index is 2.40. The number of carbonyl (C=O) groups is 1. The van der Waals surface area contributed by atoms with Crippen molar-refractivity contribution in [3.8, 4) is 0 Å². The molecule has 0 aliphatic heterocycles. The molecule has 0 saturated heterocycles. The van der Waals surface area contributed by atoms with Crippen molar-refractivity contribution in [1.29, 1.82) is 0 Å². The van der Waals surface area contributed by atoms with E-state index in [1.54, 1.807) is 24.3 Å². The van der Waals surface area contributed by atoms with Gasteiger partial charge < -0.3 is 10.1 Å². The van der Waals surface area contributed by atoms with E-state index in [9.17, 15) is 9.59 Å². The van der Waals surface area contributed by atoms with Crippen LogP contribution in [0.3, 0.4) is 0 Å². The van der Waals surface area contributed by atoms with E-state index in [1.165, 1.54) is 0 Å². The van der Waals surface area contributed by atoms with E-state index in [-0.39, 0.29) is 12.1 Å². The molecule has 0 bridgehead atoms. The van der Waals surface area contributed by atoms with Gasteiger partial charge in [-0.2, -0.15) is 0 Å². The monoisotopic (exact) mass is 252 g/mol. The van der Waals surface area contributed by atoms with Gasteiger partial charge in [0.15, 0.2) is 0 Å². The van der Waals surface area contributed by atoms with Crippen LogP contribution in [0.25, 0.3) is 0 Å². The van der Waals surface area contributed by atoms with E-state index in [1.807, 2.05) is 0 Å². The number of carboxylic acid groups (broad SMARTS) is 1. The fourth-order valence-corrected chi connectivity index (χ4v) is 1.77. The summed E-state index contributed by atoms with van der Waals surface area (Å²) in [7, 11) is 0. The van der Waals surface area contributed by atoms with Crippen LogP contribution in [0.2, 0.25) is 5.02 Å². The SMILES string of the molecule is O=C(O)c1[nH]c(=O)[nH]c1Cc1ccccc1Cl. The normalized spacial score (nSPS) is 10.4. The Morgan fingerprint density at radius 1 is 1.29 bits per heavy atom. The topological polar surface area (TPSA) is 85.9 Å². The molecular weight excluding hydrogens is 244 g/mol. The zero-order valence-corrected chi connectivity index (χ0v) is 9.41. The van der Waals surface area contributed by atoms with Gasteiger partial charge in [-0.1, -0.05) is 29.8 Å². The van der Waals surface area contributed by atoms with E-state index in [4.69, 9.17) is 16.7 Å². The summed E-state index contributed by atoms with van der Waals surface area (Å²) in [4.78, 5) is 26.7. The Bertz CT molecular complexity index is 615. The van der Waals surface area contributed by atoms with E-state index < -0.39 is 11.7 Å². The number of benzene rings is 1. The Kier molecular flexibility index (Phi) is 3.01. The molecule has 1 heterocycles. The molecule has 1 aromatic heterocycles. The number of H-pyrrole nitrogens is 2. The molecule has 2 rings (SSSR count). The van der Waals surface area contributed by atoms with Gasteiger partial charge in [-0.3, -0.25) is 4.98 Å². The predicted octanol–water partition coefficient (Wildman–Crippen LogP) is 1.65. The summed E-state index contributed by atoms with van der Waals surface area (Å²) < 4.78 is 0. The second-order valence-electron chi connectivity index (χ2n) is 3.51. The summed E-state index contributed by atoms with van der Waals surface area (Å²) in [5, 5.41) is 9.44. The standard InChI is InChI=1S/C11H9ClN2O3/c12-7-4-2-1-3-6(7)5-8-9(10(15)16)14-11(17)13-8/h1-4H,5H2,(H,15,16)(H2,13,14,17). The van der Waals surface area contributed by atoms with Crippen molar-refractivity contribution in [3.63, 3.8) is 0 Å². The van der Waals surface area contributed by atoms with Gasteiger partial charge in [-0.25, -0.2) is 9.59 Å². The Morgan fingerprint density at radius 3 is 2.65 bits per heavy atom. The summed E-state index contributed by atoms with van der Waals surface area (Å²) in [6, 6.07) is 7.07. The maximum absolute atomic E-state index is 11.1. The van der Waals surface area contributed by atoms with Crippen LogP contribution in [0, 0.1) is 0 Å². The molecule has 0 aliphatic carbocycles. The maximum atomic E-state index is 11.1. The molecule has 0 unspecified atom stereocenters. The second kappa shape index (κ2) is 4.47. The van der Waals surface area contributed by atoms with Crippen molar-refractivity contribution >= 4 is 17.6 Å². The van der Waals surface area contributed by atoms with Crippen LogP contribution in [-0.4, -0.2) is 21.0 Å². The molecule has 0 aliphatic rings. The number of imidazole rings is 1. The molecule has 17 heavy (non-hydrogen) atoms. The molecule has 3 N–H and O–H groups in total. The lowest BCUT2D eigenvalue weighted by Gasteiger charge is -2.02. The third-order valence-corrected chi connectivity index (χ3v) is 2.71. The average molecular weight is 253 g/mol. The second-order valence-corrected chi connectivity index (χ2v) is 3.91. The van der Waals surface area contributed by atoms with Crippen molar-refractivity contribution in [1.82, 2.24) is 9.97 Å². The zero-order valence-electron chi connectivity index (χ0n) is 8.66. The quantitative estimate of drug-likeness (QED) is 0.776. The molecule has 2 aromatic rings. The van der Waals surface area contributed by atoms with Crippen molar-refractivity contribution in [2.24, 2.45) is 0 Å². The minimum atomic E-state index is -1.18. The summed E-state index contributed by atoms with van der Waals surface area (Å²) in [5.41, 5.74) is 0.405. The first kappa shape index (κ1) is 11.5. The zero-order chi connectivity index (χ0) is 12.4. The number of hydrogen-bond acceptors (Lipinski definition) is 2. The largest absolute Gasteiger partial charge is 0.477 e. The number of nitrogens with one attached hydrogen (secondary N) is 2. The lowest BCUT2D eigenvalue weighted by molar-refractivity contribution is 0.0690. The van der Waals surface area contributed by atoms with E-state index in [0.717, 1.165) is 5.56 Å². The molecule has 1 aromatic carbocycles. The molecule has 5 nitrogen and oxygen atoms in total. The molecule has 0 atom stereocenters. The van der Waals surface area contributed by atoms with Gasteiger partial charge >= 0.3 is 11.7 Å². The van der Waals surface area contributed by atoms with Crippen molar-refractivity contribution in [2.45, 2.75) is 6.42 Å². The first-order valence-electron chi connectivity index (χ1n) is 4.86. The minimum absolute atomic E-state index is 0.130. The fraction of sp³-hybridized carbons (Fsp3) is 0.0909. The van der Waals surface area contributed by atoms with E-state index >= 15 is 0 Å². The first-order chi connectivity index (χ1) is 8.08. The molecular formula is C11H9ClN2O3. The van der Waals surface area contributed by atoms with Gasteiger partial charge in [0.1, 0.15) is 5.69 Å². The van der Waals surface area contributed by atoms with Gasteiger partial charge in [0, 0.05) is 11.4 Å². The van der Waals surface area contributed by atoms with Gasteiger partial charge in [-0.15, -0.1) is 0 Å². The minimum Gasteiger partial charge on any atom is -0.477 e. The van der Waals surface area contributed by atoms with Crippen molar-refractivity contribution in [3.05, 3.63) is 56.7 Å². The number of aromatic amines is 2. The van der Waals surface area contributed by atoms with Crippen LogP contribution in [0.5, 0.6) is 0 Å². The highest BCUT2D eigenvalue weighted by Gasteiger charge is 2.15. The van der Waals surface area contributed by atoms with E-state index in [2.05, 4.69) is 9.97 Å². The third-order valence-electron chi connectivity index (χ3n) is 2.34. The molecule has 88 valence electrons. The molecule has 0 saturated carbocycles. The van der Waals surface area contributed by atoms with Crippen LogP contribution < -0.4 is 5.69 Å². The van der Waals surface area contributed by atoms with Gasteiger partial charge in [0.2, 0.25) is 0 Å². The smallest absolute Gasteiger partial charge is 0.354 e. The van der Waals surface area contributed by atoms with Crippen molar-refractivity contribution < 1.29 is 9.90 Å². The number of carboxylic acids is 1. The molecule has 0 spiro atoms. The summed E-state index contributed by atoms with van der Waals surface area (Å²) in [6.45, 7) is 0. The number of aromatic carboxylic acids is 1. The summed E-state index contributed by atoms with van der Waals surface area (Å²) >= 11 is 5.96. The fourth-order valence-electron chi connectivity index (χ4n) is 1.57. The Labute approximate surface area is 101 Å². The lowest BCUT2D eigenvalue weighted by atomic mass is 10.1. The van der Waals surface area contributed by atoms with Crippen LogP contribution >= 0.6 is 11.6 Å². The number of hydrogen-bond donors (Lipinski definition) is 3. The average Bonchev–Trinajstić information content (AvgIpc) is 2.63. The van der Waals surface area contributed by atoms with Gasteiger partial charge in [0.25, 0.3) is 0 Å². The molecule has 6 heteroatoms. The predicted molar refractivity (Wildman–Crippen MR) is 62.6 cm³/mol. The van der Waals surface area contributed by atoms with Gasteiger partial charge in [-0.05, 0) is 11.6 Å². The highest BCUT2D eigenvalue weighted by molar-refractivity contribution is 6.31. The highest BCUT2D eigenvalue weighted by atomic mass is 35.5. The number of aromatic nitrogens is 2. The Morgan fingerprint density at radius 2 is 2.00 bits per heavy atom. The van der Waals surface area contributed by atoms with Gasteiger partial charge in [0.05, 0.1) is 5.69 Å². The highest BCUT2D eigenvalue weighted by Crippen LogP contribution is 2.18. The summed E-state index contributed by atoms with van der Waals surface area (Å²) in [6.07, 6.45) is 0.264.